The van der Waals surface area contributed by atoms with Crippen LogP contribution in [0.3, 0.4) is 0 Å². The van der Waals surface area contributed by atoms with Crippen LogP contribution in [0, 0.1) is 0 Å². The van der Waals surface area contributed by atoms with Gasteiger partial charge in [-0.3, -0.25) is 4.79 Å². The first-order valence-corrected chi connectivity index (χ1v) is 8.12. The summed E-state index contributed by atoms with van der Waals surface area (Å²) in [6.07, 6.45) is 2.87. The highest BCUT2D eigenvalue weighted by molar-refractivity contribution is 5.93. The molecule has 0 aromatic carbocycles. The number of morpholine rings is 1. The highest BCUT2D eigenvalue weighted by Gasteiger charge is 2.23. The van der Waals surface area contributed by atoms with E-state index in [9.17, 15) is 4.79 Å². The van der Waals surface area contributed by atoms with Crippen LogP contribution in [0.4, 0.5) is 5.82 Å². The van der Waals surface area contributed by atoms with Gasteiger partial charge in [0.05, 0.1) is 17.8 Å². The Balaban J connectivity index is 1.97. The Kier molecular flexibility index (Phi) is 6.36. The zero-order valence-corrected chi connectivity index (χ0v) is 14.5. The van der Waals surface area contributed by atoms with Crippen LogP contribution in [0.1, 0.15) is 30.6 Å². The molecule has 2 atom stereocenters. The normalized spacial score (nSPS) is 21.3. The molecule has 1 aromatic heterocycles. The third kappa shape index (κ3) is 4.91. The molecule has 1 amide bonds. The molecule has 1 saturated heterocycles. The van der Waals surface area contributed by atoms with Crippen molar-refractivity contribution < 1.29 is 14.3 Å². The van der Waals surface area contributed by atoms with Crippen molar-refractivity contribution >= 4 is 11.7 Å². The van der Waals surface area contributed by atoms with Crippen molar-refractivity contribution in [3.8, 4) is 0 Å². The van der Waals surface area contributed by atoms with Gasteiger partial charge in [0, 0.05) is 46.6 Å². The number of carbonyl (C=O) groups excluding carboxylic acids is 1. The molecule has 1 fully saturated rings. The van der Waals surface area contributed by atoms with Gasteiger partial charge in [-0.2, -0.15) is 0 Å². The van der Waals surface area contributed by atoms with Gasteiger partial charge in [-0.1, -0.05) is 0 Å². The van der Waals surface area contributed by atoms with Crippen molar-refractivity contribution in [3.05, 3.63) is 23.9 Å². The third-order valence-electron chi connectivity index (χ3n) is 3.93. The Hall–Kier alpha value is -1.66. The van der Waals surface area contributed by atoms with Gasteiger partial charge in [0.25, 0.3) is 5.91 Å². The number of ether oxygens (including phenoxy) is 2. The Labute approximate surface area is 138 Å². The first-order valence-electron chi connectivity index (χ1n) is 8.12. The van der Waals surface area contributed by atoms with E-state index in [4.69, 9.17) is 9.47 Å². The lowest BCUT2D eigenvalue weighted by atomic mass is 10.2. The quantitative estimate of drug-likeness (QED) is 0.748. The lowest BCUT2D eigenvalue weighted by Crippen LogP contribution is -2.45. The molecule has 0 saturated carbocycles. The van der Waals surface area contributed by atoms with E-state index in [0.29, 0.717) is 18.7 Å². The van der Waals surface area contributed by atoms with Crippen molar-refractivity contribution in [2.24, 2.45) is 0 Å². The van der Waals surface area contributed by atoms with Crippen molar-refractivity contribution in [1.29, 1.82) is 0 Å². The van der Waals surface area contributed by atoms with Crippen LogP contribution in [0.25, 0.3) is 0 Å². The van der Waals surface area contributed by atoms with Gasteiger partial charge in [0.1, 0.15) is 5.82 Å². The average Bonchev–Trinajstić information content (AvgIpc) is 2.53. The molecule has 1 aromatic rings. The van der Waals surface area contributed by atoms with Gasteiger partial charge in [-0.05, 0) is 32.4 Å². The van der Waals surface area contributed by atoms with E-state index in [2.05, 4.69) is 23.7 Å². The maximum Gasteiger partial charge on any atom is 0.255 e. The van der Waals surface area contributed by atoms with E-state index in [1.807, 2.05) is 12.1 Å². The second-order valence-corrected chi connectivity index (χ2v) is 6.14. The second kappa shape index (κ2) is 8.26. The lowest BCUT2D eigenvalue weighted by molar-refractivity contribution is -0.00546. The predicted molar refractivity (Wildman–Crippen MR) is 89.9 cm³/mol. The fourth-order valence-electron chi connectivity index (χ4n) is 2.83. The van der Waals surface area contributed by atoms with Crippen LogP contribution in [0.15, 0.2) is 18.3 Å². The topological polar surface area (TPSA) is 54.9 Å². The van der Waals surface area contributed by atoms with Crippen LogP contribution in [0.5, 0.6) is 0 Å². The van der Waals surface area contributed by atoms with Crippen LogP contribution >= 0.6 is 0 Å². The molecule has 2 unspecified atom stereocenters. The number of aromatic nitrogens is 1. The van der Waals surface area contributed by atoms with E-state index in [0.717, 1.165) is 25.3 Å². The Morgan fingerprint density at radius 3 is 2.65 bits per heavy atom. The molecule has 2 heterocycles. The number of methoxy groups -OCH3 is 1. The molecule has 0 aliphatic carbocycles. The number of pyridine rings is 1. The highest BCUT2D eigenvalue weighted by Crippen LogP contribution is 2.18. The average molecular weight is 321 g/mol. The standard InChI is InChI=1S/C17H27N3O3/c1-13-11-20(12-14(2)23-13)16-7-6-15(10-18-16)17(21)19(3)8-5-9-22-4/h6-7,10,13-14H,5,8-9,11-12H2,1-4H3. The molecule has 0 N–H and O–H groups in total. The number of rotatable bonds is 6. The van der Waals surface area contributed by atoms with Crippen molar-refractivity contribution in [2.45, 2.75) is 32.5 Å². The number of amides is 1. The van der Waals surface area contributed by atoms with Crippen LogP contribution < -0.4 is 4.90 Å². The zero-order valence-electron chi connectivity index (χ0n) is 14.5. The number of anilines is 1. The van der Waals surface area contributed by atoms with Gasteiger partial charge < -0.3 is 19.3 Å². The Bertz CT molecular complexity index is 496. The van der Waals surface area contributed by atoms with E-state index in [1.54, 1.807) is 25.3 Å². The monoisotopic (exact) mass is 321 g/mol. The third-order valence-corrected chi connectivity index (χ3v) is 3.93. The van der Waals surface area contributed by atoms with E-state index in [-0.39, 0.29) is 18.1 Å². The lowest BCUT2D eigenvalue weighted by Gasteiger charge is -2.36. The van der Waals surface area contributed by atoms with E-state index in [1.165, 1.54) is 0 Å². The minimum absolute atomic E-state index is 0.0103. The van der Waals surface area contributed by atoms with Gasteiger partial charge in [0.15, 0.2) is 0 Å². The smallest absolute Gasteiger partial charge is 0.255 e. The molecular formula is C17H27N3O3. The van der Waals surface area contributed by atoms with Gasteiger partial charge in [0.2, 0.25) is 0 Å². The molecule has 6 nitrogen and oxygen atoms in total. The van der Waals surface area contributed by atoms with Crippen LogP contribution in [-0.4, -0.2) is 68.4 Å². The summed E-state index contributed by atoms with van der Waals surface area (Å²) in [5.74, 6) is 0.884. The zero-order chi connectivity index (χ0) is 16.8. The highest BCUT2D eigenvalue weighted by atomic mass is 16.5. The summed E-state index contributed by atoms with van der Waals surface area (Å²) >= 11 is 0. The Morgan fingerprint density at radius 1 is 1.39 bits per heavy atom. The number of carbonyl (C=O) groups is 1. The molecule has 0 spiro atoms. The number of hydrogen-bond acceptors (Lipinski definition) is 5. The minimum Gasteiger partial charge on any atom is -0.385 e. The molecule has 1 aliphatic heterocycles. The fourth-order valence-corrected chi connectivity index (χ4v) is 2.83. The van der Waals surface area contributed by atoms with E-state index < -0.39 is 0 Å². The van der Waals surface area contributed by atoms with Crippen LogP contribution in [-0.2, 0) is 9.47 Å². The summed E-state index contributed by atoms with van der Waals surface area (Å²) in [7, 11) is 3.47. The summed E-state index contributed by atoms with van der Waals surface area (Å²) in [5.41, 5.74) is 0.614. The summed E-state index contributed by atoms with van der Waals surface area (Å²) in [5, 5.41) is 0. The summed E-state index contributed by atoms with van der Waals surface area (Å²) < 4.78 is 10.7. The first-order chi connectivity index (χ1) is 11.0. The summed E-state index contributed by atoms with van der Waals surface area (Å²) in [4.78, 5) is 20.7. The largest absolute Gasteiger partial charge is 0.385 e. The molecule has 1 aliphatic rings. The fraction of sp³-hybridized carbons (Fsp3) is 0.647. The van der Waals surface area contributed by atoms with Crippen molar-refractivity contribution in [3.63, 3.8) is 0 Å². The molecule has 23 heavy (non-hydrogen) atoms. The Morgan fingerprint density at radius 2 is 2.09 bits per heavy atom. The molecular weight excluding hydrogens is 294 g/mol. The predicted octanol–water partition coefficient (Wildman–Crippen LogP) is 1.80. The number of hydrogen-bond donors (Lipinski definition) is 0. The maximum absolute atomic E-state index is 12.3. The minimum atomic E-state index is -0.0103. The first kappa shape index (κ1) is 17.7. The second-order valence-electron chi connectivity index (χ2n) is 6.14. The van der Waals surface area contributed by atoms with Gasteiger partial charge >= 0.3 is 0 Å². The maximum atomic E-state index is 12.3. The summed E-state index contributed by atoms with van der Waals surface area (Å²) in [6, 6.07) is 3.77. The molecule has 0 radical (unpaired) electrons. The molecule has 2 rings (SSSR count). The van der Waals surface area contributed by atoms with Crippen molar-refractivity contribution in [2.75, 3.05) is 45.3 Å². The SMILES string of the molecule is COCCCN(C)C(=O)c1ccc(N2CC(C)OC(C)C2)nc1. The molecule has 6 heteroatoms. The molecule has 128 valence electrons. The number of nitrogens with zero attached hydrogens (tertiary/aromatic N) is 3. The van der Waals surface area contributed by atoms with Crippen molar-refractivity contribution in [1.82, 2.24) is 9.88 Å². The van der Waals surface area contributed by atoms with Gasteiger partial charge in [-0.25, -0.2) is 4.98 Å². The molecule has 0 bridgehead atoms. The van der Waals surface area contributed by atoms with Crippen LogP contribution in [0.2, 0.25) is 0 Å². The van der Waals surface area contributed by atoms with Gasteiger partial charge in [-0.15, -0.1) is 0 Å². The van der Waals surface area contributed by atoms with E-state index >= 15 is 0 Å². The summed E-state index contributed by atoms with van der Waals surface area (Å²) in [6.45, 7) is 7.10.